The van der Waals surface area contributed by atoms with E-state index in [-0.39, 0.29) is 0 Å². The number of aryl methyl sites for hydroxylation is 1. The van der Waals surface area contributed by atoms with E-state index < -0.39 is 0 Å². The first-order chi connectivity index (χ1) is 8.19. The Bertz CT molecular complexity index is 380. The fraction of sp³-hybridized carbons (Fsp3) is 0.571. The summed E-state index contributed by atoms with van der Waals surface area (Å²) in [7, 11) is 0. The standard InChI is InChI=1S/C14H20BrNS/c1-10(9-17-2)16-14-6-4-11-7-13(15)5-3-12(11)8-14/h3,5,7,10,14,16H,4,6,8-9H2,1-2H3. The average Bonchev–Trinajstić information content (AvgIpc) is 2.29. The molecule has 0 saturated heterocycles. The molecule has 0 bridgehead atoms. The van der Waals surface area contributed by atoms with Crippen molar-refractivity contribution in [3.63, 3.8) is 0 Å². The summed E-state index contributed by atoms with van der Waals surface area (Å²) >= 11 is 5.47. The Morgan fingerprint density at radius 2 is 2.29 bits per heavy atom. The van der Waals surface area contributed by atoms with Crippen LogP contribution in [0.2, 0.25) is 0 Å². The van der Waals surface area contributed by atoms with E-state index in [0.29, 0.717) is 12.1 Å². The van der Waals surface area contributed by atoms with E-state index in [1.54, 1.807) is 0 Å². The van der Waals surface area contributed by atoms with E-state index in [1.807, 2.05) is 11.8 Å². The van der Waals surface area contributed by atoms with Crippen molar-refractivity contribution in [2.75, 3.05) is 12.0 Å². The van der Waals surface area contributed by atoms with Crippen LogP contribution in [0.4, 0.5) is 0 Å². The molecule has 0 radical (unpaired) electrons. The zero-order valence-corrected chi connectivity index (χ0v) is 12.9. The predicted molar refractivity (Wildman–Crippen MR) is 80.9 cm³/mol. The first-order valence-corrected chi connectivity index (χ1v) is 8.40. The number of hydrogen-bond donors (Lipinski definition) is 1. The summed E-state index contributed by atoms with van der Waals surface area (Å²) in [6.45, 7) is 2.29. The smallest absolute Gasteiger partial charge is 0.0178 e. The molecule has 0 spiro atoms. The average molecular weight is 314 g/mol. The van der Waals surface area contributed by atoms with Gasteiger partial charge in [-0.15, -0.1) is 0 Å². The van der Waals surface area contributed by atoms with Gasteiger partial charge >= 0.3 is 0 Å². The van der Waals surface area contributed by atoms with Gasteiger partial charge in [0, 0.05) is 22.3 Å². The van der Waals surface area contributed by atoms with E-state index >= 15 is 0 Å². The van der Waals surface area contributed by atoms with Gasteiger partial charge in [0.2, 0.25) is 0 Å². The molecule has 17 heavy (non-hydrogen) atoms. The van der Waals surface area contributed by atoms with Gasteiger partial charge in [-0.25, -0.2) is 0 Å². The van der Waals surface area contributed by atoms with Crippen molar-refractivity contribution < 1.29 is 0 Å². The van der Waals surface area contributed by atoms with Crippen molar-refractivity contribution in [1.82, 2.24) is 5.32 Å². The summed E-state index contributed by atoms with van der Waals surface area (Å²) in [5.74, 6) is 1.20. The highest BCUT2D eigenvalue weighted by Crippen LogP contribution is 2.25. The predicted octanol–water partition coefficient (Wildman–Crippen LogP) is 3.65. The molecular weight excluding hydrogens is 294 g/mol. The highest BCUT2D eigenvalue weighted by Gasteiger charge is 2.19. The maximum atomic E-state index is 3.74. The number of thioether (sulfide) groups is 1. The van der Waals surface area contributed by atoms with Gasteiger partial charge in [0.05, 0.1) is 0 Å². The Labute approximate surface area is 117 Å². The van der Waals surface area contributed by atoms with Crippen LogP contribution in [0.1, 0.15) is 24.5 Å². The summed E-state index contributed by atoms with van der Waals surface area (Å²) in [6, 6.07) is 7.98. The normalized spacial score (nSPS) is 21.0. The summed E-state index contributed by atoms with van der Waals surface area (Å²) in [4.78, 5) is 0. The first kappa shape index (κ1) is 13.4. The molecule has 1 aromatic rings. The number of fused-ring (bicyclic) bond motifs is 1. The van der Waals surface area contributed by atoms with E-state index in [2.05, 4.69) is 52.6 Å². The van der Waals surface area contributed by atoms with Gasteiger partial charge in [-0.05, 0) is 55.7 Å². The number of rotatable bonds is 4. The molecule has 1 aliphatic carbocycles. The molecule has 2 atom stereocenters. The van der Waals surface area contributed by atoms with Gasteiger partial charge in [0.15, 0.2) is 0 Å². The van der Waals surface area contributed by atoms with Crippen LogP contribution >= 0.6 is 27.7 Å². The van der Waals surface area contributed by atoms with Crippen LogP contribution in [0, 0.1) is 0 Å². The fourth-order valence-corrected chi connectivity index (χ4v) is 3.57. The molecule has 0 fully saturated rings. The molecule has 0 aromatic heterocycles. The van der Waals surface area contributed by atoms with Gasteiger partial charge < -0.3 is 5.32 Å². The van der Waals surface area contributed by atoms with Crippen LogP contribution in [-0.2, 0) is 12.8 Å². The minimum absolute atomic E-state index is 0.618. The molecule has 0 aliphatic heterocycles. The molecule has 1 nitrogen and oxygen atoms in total. The highest BCUT2D eigenvalue weighted by molar-refractivity contribution is 9.10. The first-order valence-electron chi connectivity index (χ1n) is 6.21. The molecular formula is C14H20BrNS. The molecule has 1 N–H and O–H groups in total. The summed E-state index contributed by atoms with van der Waals surface area (Å²) in [6.07, 6.45) is 5.83. The molecule has 0 saturated carbocycles. The third kappa shape index (κ3) is 3.73. The molecule has 2 unspecified atom stereocenters. The molecule has 94 valence electrons. The number of hydrogen-bond acceptors (Lipinski definition) is 2. The van der Waals surface area contributed by atoms with Crippen molar-refractivity contribution in [3.05, 3.63) is 33.8 Å². The second-order valence-corrected chi connectivity index (χ2v) is 6.70. The van der Waals surface area contributed by atoms with Crippen LogP contribution in [0.25, 0.3) is 0 Å². The van der Waals surface area contributed by atoms with Crippen LogP contribution < -0.4 is 5.32 Å². The highest BCUT2D eigenvalue weighted by atomic mass is 79.9. The topological polar surface area (TPSA) is 12.0 Å². The molecule has 1 aromatic carbocycles. The minimum atomic E-state index is 0.618. The maximum absolute atomic E-state index is 3.74. The SMILES string of the molecule is CSCC(C)NC1CCc2cc(Br)ccc2C1. The largest absolute Gasteiger partial charge is 0.310 e. The van der Waals surface area contributed by atoms with Crippen molar-refractivity contribution in [2.24, 2.45) is 0 Å². The van der Waals surface area contributed by atoms with Crippen LogP contribution in [0.5, 0.6) is 0 Å². The van der Waals surface area contributed by atoms with Gasteiger partial charge in [0.25, 0.3) is 0 Å². The Morgan fingerprint density at radius 3 is 3.06 bits per heavy atom. The van der Waals surface area contributed by atoms with Crippen molar-refractivity contribution >= 4 is 27.7 Å². The Balaban J connectivity index is 1.96. The van der Waals surface area contributed by atoms with Crippen LogP contribution in [0.3, 0.4) is 0 Å². The minimum Gasteiger partial charge on any atom is -0.310 e. The second-order valence-electron chi connectivity index (χ2n) is 4.88. The zero-order valence-electron chi connectivity index (χ0n) is 10.5. The number of benzene rings is 1. The van der Waals surface area contributed by atoms with Gasteiger partial charge in [-0.1, -0.05) is 22.0 Å². The van der Waals surface area contributed by atoms with Crippen molar-refractivity contribution in [3.8, 4) is 0 Å². The van der Waals surface area contributed by atoms with Gasteiger partial charge in [-0.2, -0.15) is 11.8 Å². The fourth-order valence-electron chi connectivity index (χ4n) is 2.57. The lowest BCUT2D eigenvalue weighted by Gasteiger charge is -2.28. The monoisotopic (exact) mass is 313 g/mol. The third-order valence-electron chi connectivity index (χ3n) is 3.33. The van der Waals surface area contributed by atoms with Gasteiger partial charge in [0.1, 0.15) is 0 Å². The lowest BCUT2D eigenvalue weighted by atomic mass is 9.88. The molecule has 1 aliphatic rings. The van der Waals surface area contributed by atoms with Crippen molar-refractivity contribution in [1.29, 1.82) is 0 Å². The molecule has 0 amide bonds. The van der Waals surface area contributed by atoms with E-state index in [0.717, 1.165) is 0 Å². The summed E-state index contributed by atoms with van der Waals surface area (Å²) in [5.41, 5.74) is 3.04. The Morgan fingerprint density at radius 1 is 1.47 bits per heavy atom. The third-order valence-corrected chi connectivity index (χ3v) is 4.66. The summed E-state index contributed by atoms with van der Waals surface area (Å²) in [5, 5.41) is 3.74. The van der Waals surface area contributed by atoms with E-state index in [9.17, 15) is 0 Å². The van der Waals surface area contributed by atoms with E-state index in [4.69, 9.17) is 0 Å². The zero-order chi connectivity index (χ0) is 12.3. The van der Waals surface area contributed by atoms with Crippen LogP contribution in [-0.4, -0.2) is 24.1 Å². The van der Waals surface area contributed by atoms with Gasteiger partial charge in [-0.3, -0.25) is 0 Å². The molecule has 2 rings (SSSR count). The Kier molecular flexibility index (Phi) is 4.95. The lowest BCUT2D eigenvalue weighted by Crippen LogP contribution is -2.41. The second kappa shape index (κ2) is 6.26. The number of nitrogens with one attached hydrogen (secondary N) is 1. The lowest BCUT2D eigenvalue weighted by molar-refractivity contribution is 0.424. The quantitative estimate of drug-likeness (QED) is 0.910. The van der Waals surface area contributed by atoms with Crippen LogP contribution in [0.15, 0.2) is 22.7 Å². The van der Waals surface area contributed by atoms with Crippen molar-refractivity contribution in [2.45, 2.75) is 38.3 Å². The Hall–Kier alpha value is 0.01000. The maximum Gasteiger partial charge on any atom is 0.0178 e. The van der Waals surface area contributed by atoms with E-state index in [1.165, 1.54) is 40.6 Å². The molecule has 3 heteroatoms. The number of halogens is 1. The summed E-state index contributed by atoms with van der Waals surface area (Å²) < 4.78 is 1.21. The molecule has 0 heterocycles.